The Morgan fingerprint density at radius 3 is 2.83 bits per heavy atom. The maximum Gasteiger partial charge on any atom is 0.225 e. The SMILES string of the molecule is CC1(C(=O)NCCN2C3CC2CN(Cc2nc4c(Cl)cc(F)cc4[nH]2)C3)CCC1. The van der Waals surface area contributed by atoms with Gasteiger partial charge in [0.25, 0.3) is 0 Å². The van der Waals surface area contributed by atoms with Crippen LogP contribution in [0.3, 0.4) is 0 Å². The van der Waals surface area contributed by atoms with Gasteiger partial charge in [0.05, 0.1) is 17.1 Å². The summed E-state index contributed by atoms with van der Waals surface area (Å²) in [6.07, 6.45) is 4.42. The molecule has 2 atom stereocenters. The minimum atomic E-state index is -0.356. The van der Waals surface area contributed by atoms with Crippen LogP contribution in [-0.4, -0.2) is 63.9 Å². The van der Waals surface area contributed by atoms with E-state index in [1.807, 2.05) is 0 Å². The van der Waals surface area contributed by atoms with Crippen LogP contribution in [0.15, 0.2) is 12.1 Å². The molecular formula is C21H27ClFN5O. The van der Waals surface area contributed by atoms with Crippen molar-refractivity contribution in [1.29, 1.82) is 0 Å². The normalized spacial score (nSPS) is 26.2. The molecule has 156 valence electrons. The van der Waals surface area contributed by atoms with Crippen molar-refractivity contribution in [3.05, 3.63) is 28.8 Å². The number of carbonyl (C=O) groups is 1. The van der Waals surface area contributed by atoms with E-state index in [1.54, 1.807) is 0 Å². The number of piperazine rings is 1. The van der Waals surface area contributed by atoms with Crippen molar-refractivity contribution in [2.45, 2.75) is 51.2 Å². The number of amides is 1. The van der Waals surface area contributed by atoms with E-state index in [4.69, 9.17) is 11.6 Å². The summed E-state index contributed by atoms with van der Waals surface area (Å²) in [6, 6.07) is 3.81. The number of hydrogen-bond donors (Lipinski definition) is 2. The number of nitrogens with one attached hydrogen (secondary N) is 2. The van der Waals surface area contributed by atoms with Gasteiger partial charge in [-0.25, -0.2) is 9.37 Å². The standard InChI is InChI=1S/C21H27ClFN5O/c1-21(3-2-4-21)20(29)24-5-6-28-14-9-15(28)11-27(10-14)12-18-25-17-8-13(23)7-16(22)19(17)26-18/h7-8,14-15H,2-6,9-12H2,1H3,(H,24,29)(H,25,26). The lowest BCUT2D eigenvalue weighted by atomic mass is 9.70. The average Bonchev–Trinajstić information content (AvgIpc) is 3.05. The van der Waals surface area contributed by atoms with E-state index < -0.39 is 0 Å². The number of fused-ring (bicyclic) bond motifs is 3. The van der Waals surface area contributed by atoms with Gasteiger partial charge in [-0.05, 0) is 31.4 Å². The molecule has 6 rings (SSSR count). The molecule has 1 amide bonds. The average molecular weight is 420 g/mol. The molecule has 3 aliphatic heterocycles. The number of aromatic nitrogens is 2. The lowest BCUT2D eigenvalue weighted by molar-refractivity contribution is -0.135. The third-order valence-electron chi connectivity index (χ3n) is 7.01. The first-order valence-corrected chi connectivity index (χ1v) is 10.9. The highest BCUT2D eigenvalue weighted by Crippen LogP contribution is 2.40. The topological polar surface area (TPSA) is 64.3 Å². The highest BCUT2D eigenvalue weighted by Gasteiger charge is 2.44. The van der Waals surface area contributed by atoms with E-state index in [1.165, 1.54) is 25.0 Å². The fourth-order valence-corrected chi connectivity index (χ4v) is 5.34. The molecule has 1 saturated carbocycles. The van der Waals surface area contributed by atoms with Gasteiger partial charge in [-0.2, -0.15) is 0 Å². The van der Waals surface area contributed by atoms with Crippen molar-refractivity contribution < 1.29 is 9.18 Å². The van der Waals surface area contributed by atoms with Crippen LogP contribution in [0.2, 0.25) is 5.02 Å². The van der Waals surface area contributed by atoms with Crippen LogP contribution in [-0.2, 0) is 11.3 Å². The van der Waals surface area contributed by atoms with Gasteiger partial charge in [0.15, 0.2) is 0 Å². The second-order valence-electron chi connectivity index (χ2n) is 9.11. The Morgan fingerprint density at radius 1 is 1.38 bits per heavy atom. The van der Waals surface area contributed by atoms with Crippen LogP contribution in [0, 0.1) is 11.2 Å². The zero-order valence-electron chi connectivity index (χ0n) is 16.7. The highest BCUT2D eigenvalue weighted by atomic mass is 35.5. The Kier molecular flexibility index (Phi) is 4.80. The van der Waals surface area contributed by atoms with Gasteiger partial charge in [0.1, 0.15) is 17.2 Å². The van der Waals surface area contributed by atoms with Gasteiger partial charge in [-0.1, -0.05) is 24.9 Å². The number of carbonyl (C=O) groups excluding carboxylic acids is 1. The quantitative estimate of drug-likeness (QED) is 0.755. The smallest absolute Gasteiger partial charge is 0.225 e. The molecule has 4 heterocycles. The van der Waals surface area contributed by atoms with Crippen molar-refractivity contribution in [2.24, 2.45) is 5.41 Å². The molecule has 29 heavy (non-hydrogen) atoms. The van der Waals surface area contributed by atoms with Crippen molar-refractivity contribution in [2.75, 3.05) is 26.2 Å². The van der Waals surface area contributed by atoms with E-state index in [-0.39, 0.29) is 17.1 Å². The number of benzene rings is 1. The van der Waals surface area contributed by atoms with Crippen LogP contribution in [0.1, 0.15) is 38.4 Å². The Labute approximate surface area is 174 Å². The fourth-order valence-electron chi connectivity index (χ4n) is 5.09. The molecule has 3 saturated heterocycles. The Hall–Kier alpha value is -1.70. The molecule has 6 nitrogen and oxygen atoms in total. The number of halogens is 2. The largest absolute Gasteiger partial charge is 0.354 e. The Bertz CT molecular complexity index is 931. The van der Waals surface area contributed by atoms with E-state index in [0.717, 1.165) is 44.8 Å². The van der Waals surface area contributed by atoms with Gasteiger partial charge in [0, 0.05) is 43.7 Å². The van der Waals surface area contributed by atoms with Crippen LogP contribution in [0.4, 0.5) is 4.39 Å². The first kappa shape index (κ1) is 19.3. The van der Waals surface area contributed by atoms with Gasteiger partial charge < -0.3 is 10.3 Å². The number of hydrogen-bond acceptors (Lipinski definition) is 4. The second-order valence-corrected chi connectivity index (χ2v) is 9.52. The maximum atomic E-state index is 13.5. The van der Waals surface area contributed by atoms with E-state index in [9.17, 15) is 9.18 Å². The van der Waals surface area contributed by atoms with E-state index in [2.05, 4.69) is 32.0 Å². The van der Waals surface area contributed by atoms with Gasteiger partial charge in [-0.15, -0.1) is 0 Å². The fraction of sp³-hybridized carbons (Fsp3) is 0.619. The second kappa shape index (κ2) is 7.22. The number of rotatable bonds is 6. The molecule has 4 aliphatic rings. The zero-order chi connectivity index (χ0) is 20.2. The van der Waals surface area contributed by atoms with Crippen molar-refractivity contribution in [3.8, 4) is 0 Å². The summed E-state index contributed by atoms with van der Waals surface area (Å²) in [7, 11) is 0. The predicted octanol–water partition coefficient (Wildman–Crippen LogP) is 2.92. The van der Waals surface area contributed by atoms with Gasteiger partial charge >= 0.3 is 0 Å². The minimum absolute atomic E-state index is 0.125. The molecule has 2 unspecified atom stereocenters. The van der Waals surface area contributed by atoms with Gasteiger partial charge in [0.2, 0.25) is 5.91 Å². The number of nitrogens with zero attached hydrogens (tertiary/aromatic N) is 3. The van der Waals surface area contributed by atoms with E-state index >= 15 is 0 Å². The summed E-state index contributed by atoms with van der Waals surface area (Å²) in [5.41, 5.74) is 1.15. The highest BCUT2D eigenvalue weighted by molar-refractivity contribution is 6.34. The van der Waals surface area contributed by atoms with Crippen LogP contribution < -0.4 is 5.32 Å². The Morgan fingerprint density at radius 2 is 2.14 bits per heavy atom. The van der Waals surface area contributed by atoms with Crippen LogP contribution in [0.25, 0.3) is 11.0 Å². The molecule has 1 aromatic carbocycles. The monoisotopic (exact) mass is 419 g/mol. The molecule has 2 N–H and O–H groups in total. The van der Waals surface area contributed by atoms with Crippen molar-refractivity contribution in [3.63, 3.8) is 0 Å². The number of piperidine rings is 1. The molecular weight excluding hydrogens is 393 g/mol. The molecule has 1 aromatic heterocycles. The summed E-state index contributed by atoms with van der Waals surface area (Å²) in [4.78, 5) is 24.9. The van der Waals surface area contributed by atoms with Crippen molar-refractivity contribution in [1.82, 2.24) is 25.1 Å². The lowest BCUT2D eigenvalue weighted by Gasteiger charge is -2.56. The molecule has 2 bridgehead atoms. The summed E-state index contributed by atoms with van der Waals surface area (Å²) in [5, 5.41) is 3.48. The summed E-state index contributed by atoms with van der Waals surface area (Å²) >= 11 is 6.11. The summed E-state index contributed by atoms with van der Waals surface area (Å²) in [6.45, 7) is 6.41. The molecule has 0 radical (unpaired) electrons. The number of aromatic amines is 1. The molecule has 8 heteroatoms. The number of imidazole rings is 1. The summed E-state index contributed by atoms with van der Waals surface area (Å²) in [5.74, 6) is 0.684. The molecule has 0 spiro atoms. The third kappa shape index (κ3) is 3.53. The molecule has 4 fully saturated rings. The van der Waals surface area contributed by atoms with Crippen LogP contribution in [0.5, 0.6) is 0 Å². The first-order chi connectivity index (χ1) is 13.9. The van der Waals surface area contributed by atoms with E-state index in [0.29, 0.717) is 34.7 Å². The maximum absolute atomic E-state index is 13.5. The number of H-pyrrole nitrogens is 1. The summed E-state index contributed by atoms with van der Waals surface area (Å²) < 4.78 is 13.5. The predicted molar refractivity (Wildman–Crippen MR) is 110 cm³/mol. The lowest BCUT2D eigenvalue weighted by Crippen LogP contribution is -2.69. The zero-order valence-corrected chi connectivity index (χ0v) is 17.4. The first-order valence-electron chi connectivity index (χ1n) is 10.5. The Balaban J connectivity index is 1.13. The van der Waals surface area contributed by atoms with Crippen molar-refractivity contribution >= 4 is 28.5 Å². The van der Waals surface area contributed by atoms with Crippen LogP contribution >= 0.6 is 11.6 Å². The van der Waals surface area contributed by atoms with Gasteiger partial charge in [-0.3, -0.25) is 14.6 Å². The molecule has 2 aromatic rings. The molecule has 1 aliphatic carbocycles. The minimum Gasteiger partial charge on any atom is -0.354 e. The third-order valence-corrected chi connectivity index (χ3v) is 7.30.